The Morgan fingerprint density at radius 3 is 3.38 bits per heavy atom. The summed E-state index contributed by atoms with van der Waals surface area (Å²) in [7, 11) is 2.02. The maximum Gasteiger partial charge on any atom is 0.0235 e. The Morgan fingerprint density at radius 2 is 2.54 bits per heavy atom. The number of likely N-dealkylation sites (N-methyl/N-ethyl adjacent to an activating group) is 1. The summed E-state index contributed by atoms with van der Waals surface area (Å²) in [6, 6.07) is 0.631. The van der Waals surface area contributed by atoms with Crippen LogP contribution in [0.2, 0.25) is 0 Å². The number of nitrogens with one attached hydrogen (secondary N) is 2. The van der Waals surface area contributed by atoms with Crippen molar-refractivity contribution in [3.05, 3.63) is 23.3 Å². The number of hydrogen-bond acceptors (Lipinski definition) is 2. The second-order valence-corrected chi connectivity index (χ2v) is 3.91. The molecule has 1 unspecified atom stereocenters. The third-order valence-corrected chi connectivity index (χ3v) is 2.91. The lowest BCUT2D eigenvalue weighted by Gasteiger charge is -2.29. The molecule has 0 aromatic heterocycles. The average molecular weight is 178 g/mol. The first kappa shape index (κ1) is 8.97. The lowest BCUT2D eigenvalue weighted by molar-refractivity contribution is 0.478. The molecule has 2 aliphatic rings. The summed E-state index contributed by atoms with van der Waals surface area (Å²) in [5.41, 5.74) is 3.22. The van der Waals surface area contributed by atoms with E-state index in [2.05, 4.69) is 22.8 Å². The molecule has 0 radical (unpaired) electrons. The fraction of sp³-hybridized carbons (Fsp3) is 0.636. The molecule has 1 aliphatic carbocycles. The van der Waals surface area contributed by atoms with Crippen LogP contribution in [0.4, 0.5) is 0 Å². The zero-order valence-corrected chi connectivity index (χ0v) is 8.27. The molecular weight excluding hydrogens is 160 g/mol. The molecule has 0 aromatic carbocycles. The Morgan fingerprint density at radius 1 is 1.62 bits per heavy atom. The lowest BCUT2D eigenvalue weighted by atomic mass is 9.89. The van der Waals surface area contributed by atoms with E-state index in [9.17, 15) is 0 Å². The van der Waals surface area contributed by atoms with Gasteiger partial charge >= 0.3 is 0 Å². The molecule has 2 nitrogen and oxygen atoms in total. The van der Waals surface area contributed by atoms with Crippen LogP contribution in [0.3, 0.4) is 0 Å². The normalized spacial score (nSPS) is 27.6. The predicted molar refractivity (Wildman–Crippen MR) is 55.7 cm³/mol. The van der Waals surface area contributed by atoms with Crippen LogP contribution in [0.15, 0.2) is 23.3 Å². The molecule has 2 rings (SSSR count). The summed E-state index contributed by atoms with van der Waals surface area (Å²) >= 11 is 0. The van der Waals surface area contributed by atoms with E-state index in [0.29, 0.717) is 6.04 Å². The topological polar surface area (TPSA) is 24.1 Å². The Hall–Kier alpha value is -0.600. The number of hydrogen-bond donors (Lipinski definition) is 2. The maximum absolute atomic E-state index is 3.56. The molecule has 2 N–H and O–H groups in total. The van der Waals surface area contributed by atoms with Crippen molar-refractivity contribution in [3.63, 3.8) is 0 Å². The van der Waals surface area contributed by atoms with E-state index in [-0.39, 0.29) is 0 Å². The minimum absolute atomic E-state index is 0.631. The van der Waals surface area contributed by atoms with Crippen LogP contribution in [0.1, 0.15) is 19.3 Å². The van der Waals surface area contributed by atoms with Gasteiger partial charge in [0.05, 0.1) is 0 Å². The first-order valence-corrected chi connectivity index (χ1v) is 5.15. The van der Waals surface area contributed by atoms with Gasteiger partial charge in [-0.05, 0) is 31.9 Å². The quantitative estimate of drug-likeness (QED) is 0.664. The third-order valence-electron chi connectivity index (χ3n) is 2.91. The molecule has 0 saturated carbocycles. The molecule has 13 heavy (non-hydrogen) atoms. The van der Waals surface area contributed by atoms with Crippen LogP contribution in [0.5, 0.6) is 0 Å². The summed E-state index contributed by atoms with van der Waals surface area (Å²) in [4.78, 5) is 0. The van der Waals surface area contributed by atoms with Crippen molar-refractivity contribution < 1.29 is 0 Å². The zero-order valence-electron chi connectivity index (χ0n) is 8.27. The van der Waals surface area contributed by atoms with E-state index >= 15 is 0 Å². The molecule has 0 amide bonds. The Labute approximate surface area is 80.1 Å². The fourth-order valence-electron chi connectivity index (χ4n) is 2.17. The minimum Gasteiger partial charge on any atom is -0.318 e. The number of allylic oxidation sites excluding steroid dienone is 2. The van der Waals surface area contributed by atoms with Gasteiger partial charge in [0.15, 0.2) is 0 Å². The van der Waals surface area contributed by atoms with E-state index in [0.717, 1.165) is 13.1 Å². The highest BCUT2D eigenvalue weighted by molar-refractivity contribution is 5.33. The Bertz CT molecular complexity index is 240. The van der Waals surface area contributed by atoms with Crippen molar-refractivity contribution in [2.75, 3.05) is 20.1 Å². The molecule has 0 spiro atoms. The first-order chi connectivity index (χ1) is 6.40. The van der Waals surface area contributed by atoms with Gasteiger partial charge in [0, 0.05) is 19.1 Å². The molecule has 0 bridgehead atoms. The highest BCUT2D eigenvalue weighted by Crippen LogP contribution is 2.25. The average Bonchev–Trinajstić information content (AvgIpc) is 2.18. The number of rotatable bonds is 2. The molecule has 2 heteroatoms. The van der Waals surface area contributed by atoms with Crippen LogP contribution in [0, 0.1) is 0 Å². The SMILES string of the molecule is CNCC1CC2=C(CCC=C2)CN1. The molecule has 1 aliphatic heterocycles. The fourth-order valence-corrected chi connectivity index (χ4v) is 2.17. The van der Waals surface area contributed by atoms with Crippen molar-refractivity contribution in [2.24, 2.45) is 0 Å². The second kappa shape index (κ2) is 4.07. The van der Waals surface area contributed by atoms with E-state index in [4.69, 9.17) is 0 Å². The van der Waals surface area contributed by atoms with Crippen LogP contribution >= 0.6 is 0 Å². The largest absolute Gasteiger partial charge is 0.318 e. The van der Waals surface area contributed by atoms with Crippen molar-refractivity contribution in [3.8, 4) is 0 Å². The molecule has 72 valence electrons. The highest BCUT2D eigenvalue weighted by Gasteiger charge is 2.19. The Balaban J connectivity index is 2.01. The van der Waals surface area contributed by atoms with Crippen molar-refractivity contribution >= 4 is 0 Å². The summed E-state index contributed by atoms with van der Waals surface area (Å²) in [6.07, 6.45) is 8.33. The summed E-state index contributed by atoms with van der Waals surface area (Å²) in [5, 5.41) is 6.79. The summed E-state index contributed by atoms with van der Waals surface area (Å²) in [5.74, 6) is 0. The second-order valence-electron chi connectivity index (χ2n) is 3.91. The predicted octanol–water partition coefficient (Wildman–Crippen LogP) is 1.21. The van der Waals surface area contributed by atoms with Crippen LogP contribution in [-0.4, -0.2) is 26.2 Å². The minimum atomic E-state index is 0.631. The smallest absolute Gasteiger partial charge is 0.0235 e. The van der Waals surface area contributed by atoms with Crippen LogP contribution in [-0.2, 0) is 0 Å². The molecule has 0 saturated heterocycles. The molecule has 0 fully saturated rings. The van der Waals surface area contributed by atoms with E-state index < -0.39 is 0 Å². The monoisotopic (exact) mass is 178 g/mol. The van der Waals surface area contributed by atoms with Crippen LogP contribution < -0.4 is 10.6 Å². The van der Waals surface area contributed by atoms with Gasteiger partial charge in [0.1, 0.15) is 0 Å². The van der Waals surface area contributed by atoms with Gasteiger partial charge in [0.2, 0.25) is 0 Å². The zero-order chi connectivity index (χ0) is 9.10. The van der Waals surface area contributed by atoms with Gasteiger partial charge in [-0.3, -0.25) is 0 Å². The summed E-state index contributed by atoms with van der Waals surface area (Å²) in [6.45, 7) is 2.18. The molecule has 1 heterocycles. The Kier molecular flexibility index (Phi) is 2.81. The van der Waals surface area contributed by atoms with Gasteiger partial charge < -0.3 is 10.6 Å². The van der Waals surface area contributed by atoms with Crippen molar-refractivity contribution in [1.82, 2.24) is 10.6 Å². The van der Waals surface area contributed by atoms with Gasteiger partial charge in [-0.2, -0.15) is 0 Å². The van der Waals surface area contributed by atoms with Gasteiger partial charge in [-0.25, -0.2) is 0 Å². The van der Waals surface area contributed by atoms with Gasteiger partial charge in [-0.1, -0.05) is 17.7 Å². The molecular formula is C11H18N2. The lowest BCUT2D eigenvalue weighted by Crippen LogP contribution is -2.42. The van der Waals surface area contributed by atoms with Gasteiger partial charge in [-0.15, -0.1) is 0 Å². The maximum atomic E-state index is 3.56. The van der Waals surface area contributed by atoms with E-state index in [1.165, 1.54) is 19.3 Å². The van der Waals surface area contributed by atoms with E-state index in [1.54, 1.807) is 11.1 Å². The molecule has 1 atom stereocenters. The van der Waals surface area contributed by atoms with Crippen LogP contribution in [0.25, 0.3) is 0 Å². The first-order valence-electron chi connectivity index (χ1n) is 5.15. The van der Waals surface area contributed by atoms with Gasteiger partial charge in [0.25, 0.3) is 0 Å². The van der Waals surface area contributed by atoms with E-state index in [1.807, 2.05) is 7.05 Å². The molecule has 0 aromatic rings. The highest BCUT2D eigenvalue weighted by atomic mass is 15.0. The third kappa shape index (κ3) is 2.01. The summed E-state index contributed by atoms with van der Waals surface area (Å²) < 4.78 is 0. The van der Waals surface area contributed by atoms with Crippen molar-refractivity contribution in [2.45, 2.75) is 25.3 Å². The van der Waals surface area contributed by atoms with Crippen molar-refractivity contribution in [1.29, 1.82) is 0 Å². The standard InChI is InChI=1S/C11H18N2/c1-12-8-11-6-9-4-2-3-5-10(9)7-13-11/h2,4,11-13H,3,5-8H2,1H3.